The molecule has 1 unspecified atom stereocenters. The minimum atomic E-state index is 0.210. The number of aryl methyl sites for hydroxylation is 3. The van der Waals surface area contributed by atoms with Crippen LogP contribution in [0.5, 0.6) is 0 Å². The van der Waals surface area contributed by atoms with Crippen molar-refractivity contribution in [1.82, 2.24) is 5.32 Å². The van der Waals surface area contributed by atoms with Gasteiger partial charge in [0.25, 0.3) is 0 Å². The highest BCUT2D eigenvalue weighted by atomic mass is 14.9. The standard InChI is InChI=1S/C18H24N2/c1-12-8-13(2)17(14(3)9-12)18(20-4)16-7-5-6-15(10-16)11-19/h5-10,18,20H,11,19H2,1-4H3. The molecule has 0 aliphatic heterocycles. The van der Waals surface area contributed by atoms with Crippen LogP contribution in [0.15, 0.2) is 36.4 Å². The highest BCUT2D eigenvalue weighted by Gasteiger charge is 2.17. The van der Waals surface area contributed by atoms with Crippen LogP contribution in [0.3, 0.4) is 0 Å². The van der Waals surface area contributed by atoms with Crippen molar-refractivity contribution in [3.05, 3.63) is 69.8 Å². The van der Waals surface area contributed by atoms with Gasteiger partial charge in [-0.25, -0.2) is 0 Å². The topological polar surface area (TPSA) is 38.0 Å². The van der Waals surface area contributed by atoms with Gasteiger partial charge in [-0.2, -0.15) is 0 Å². The lowest BCUT2D eigenvalue weighted by Gasteiger charge is -2.23. The average molecular weight is 268 g/mol. The maximum absolute atomic E-state index is 5.76. The summed E-state index contributed by atoms with van der Waals surface area (Å²) < 4.78 is 0. The van der Waals surface area contributed by atoms with Gasteiger partial charge < -0.3 is 11.1 Å². The third-order valence-corrected chi connectivity index (χ3v) is 3.84. The lowest BCUT2D eigenvalue weighted by atomic mass is 9.89. The second kappa shape index (κ2) is 6.21. The SMILES string of the molecule is CNC(c1cccc(CN)c1)c1c(C)cc(C)cc1C. The largest absolute Gasteiger partial charge is 0.326 e. The summed E-state index contributed by atoms with van der Waals surface area (Å²) >= 11 is 0. The van der Waals surface area contributed by atoms with Crippen LogP contribution in [0.25, 0.3) is 0 Å². The molecule has 0 saturated carbocycles. The number of rotatable bonds is 4. The fourth-order valence-corrected chi connectivity index (χ4v) is 3.02. The van der Waals surface area contributed by atoms with Gasteiger partial charge in [-0.3, -0.25) is 0 Å². The van der Waals surface area contributed by atoms with Gasteiger partial charge in [0.1, 0.15) is 0 Å². The molecule has 0 fully saturated rings. The van der Waals surface area contributed by atoms with Gasteiger partial charge in [-0.1, -0.05) is 42.0 Å². The maximum Gasteiger partial charge on any atom is 0.0579 e. The summed E-state index contributed by atoms with van der Waals surface area (Å²) in [6.45, 7) is 7.10. The molecule has 0 bridgehead atoms. The predicted octanol–water partition coefficient (Wildman–Crippen LogP) is 3.38. The summed E-state index contributed by atoms with van der Waals surface area (Å²) in [5, 5.41) is 3.45. The molecule has 0 saturated heterocycles. The minimum absolute atomic E-state index is 0.210. The van der Waals surface area contributed by atoms with Crippen molar-refractivity contribution in [3.63, 3.8) is 0 Å². The normalized spacial score (nSPS) is 12.4. The number of nitrogens with two attached hydrogens (primary N) is 1. The molecule has 2 aromatic rings. The molecule has 1 atom stereocenters. The van der Waals surface area contributed by atoms with Gasteiger partial charge in [-0.05, 0) is 55.6 Å². The van der Waals surface area contributed by atoms with E-state index < -0.39 is 0 Å². The Balaban J connectivity index is 2.52. The van der Waals surface area contributed by atoms with E-state index in [1.807, 2.05) is 7.05 Å². The Bertz CT molecular complexity index is 579. The van der Waals surface area contributed by atoms with E-state index in [4.69, 9.17) is 5.73 Å². The quantitative estimate of drug-likeness (QED) is 0.892. The second-order valence-corrected chi connectivity index (χ2v) is 5.48. The number of nitrogens with one attached hydrogen (secondary N) is 1. The second-order valence-electron chi connectivity index (χ2n) is 5.48. The Morgan fingerprint density at radius 1 is 1.05 bits per heavy atom. The zero-order valence-corrected chi connectivity index (χ0v) is 12.8. The lowest BCUT2D eigenvalue weighted by Crippen LogP contribution is -2.20. The molecule has 0 aromatic heterocycles. The maximum atomic E-state index is 5.76. The molecule has 106 valence electrons. The molecular weight excluding hydrogens is 244 g/mol. The molecule has 2 heteroatoms. The Morgan fingerprint density at radius 2 is 1.70 bits per heavy atom. The van der Waals surface area contributed by atoms with Crippen LogP contribution in [-0.2, 0) is 6.54 Å². The van der Waals surface area contributed by atoms with E-state index in [2.05, 4.69) is 62.5 Å². The number of hydrogen-bond acceptors (Lipinski definition) is 2. The van der Waals surface area contributed by atoms with Gasteiger partial charge in [0.2, 0.25) is 0 Å². The summed E-state index contributed by atoms with van der Waals surface area (Å²) in [7, 11) is 2.01. The monoisotopic (exact) mass is 268 g/mol. The van der Waals surface area contributed by atoms with Crippen molar-refractivity contribution in [2.24, 2.45) is 5.73 Å². The first kappa shape index (κ1) is 14.8. The highest BCUT2D eigenvalue weighted by Crippen LogP contribution is 2.29. The molecule has 0 amide bonds. The highest BCUT2D eigenvalue weighted by molar-refractivity contribution is 5.44. The molecule has 2 rings (SSSR count). The van der Waals surface area contributed by atoms with Crippen molar-refractivity contribution in [3.8, 4) is 0 Å². The summed E-state index contributed by atoms with van der Waals surface area (Å²) in [6, 6.07) is 13.2. The van der Waals surface area contributed by atoms with E-state index in [0.29, 0.717) is 6.54 Å². The van der Waals surface area contributed by atoms with Gasteiger partial charge in [-0.15, -0.1) is 0 Å². The van der Waals surface area contributed by atoms with E-state index in [0.717, 1.165) is 0 Å². The van der Waals surface area contributed by atoms with Crippen LogP contribution >= 0.6 is 0 Å². The van der Waals surface area contributed by atoms with Crippen LogP contribution in [0.4, 0.5) is 0 Å². The Hall–Kier alpha value is -1.64. The molecule has 20 heavy (non-hydrogen) atoms. The predicted molar refractivity (Wildman–Crippen MR) is 85.9 cm³/mol. The first-order chi connectivity index (χ1) is 9.56. The van der Waals surface area contributed by atoms with E-state index in [1.54, 1.807) is 0 Å². The molecule has 0 radical (unpaired) electrons. The first-order valence-electron chi connectivity index (χ1n) is 7.10. The molecule has 0 aliphatic carbocycles. The molecular formula is C18H24N2. The molecule has 0 spiro atoms. The van der Waals surface area contributed by atoms with Crippen LogP contribution < -0.4 is 11.1 Å². The fraction of sp³-hybridized carbons (Fsp3) is 0.333. The van der Waals surface area contributed by atoms with Gasteiger partial charge in [0.15, 0.2) is 0 Å². The lowest BCUT2D eigenvalue weighted by molar-refractivity contribution is 0.681. The smallest absolute Gasteiger partial charge is 0.0579 e. The Kier molecular flexibility index (Phi) is 4.58. The van der Waals surface area contributed by atoms with Crippen molar-refractivity contribution < 1.29 is 0 Å². The number of hydrogen-bond donors (Lipinski definition) is 2. The van der Waals surface area contributed by atoms with Crippen LogP contribution in [0, 0.1) is 20.8 Å². The molecule has 0 aliphatic rings. The van der Waals surface area contributed by atoms with E-state index in [9.17, 15) is 0 Å². The first-order valence-corrected chi connectivity index (χ1v) is 7.10. The van der Waals surface area contributed by atoms with Crippen molar-refractivity contribution in [2.75, 3.05) is 7.05 Å². The van der Waals surface area contributed by atoms with E-state index in [-0.39, 0.29) is 6.04 Å². The van der Waals surface area contributed by atoms with Crippen LogP contribution in [0.1, 0.15) is 39.4 Å². The van der Waals surface area contributed by atoms with Crippen molar-refractivity contribution in [1.29, 1.82) is 0 Å². The zero-order valence-electron chi connectivity index (χ0n) is 12.8. The van der Waals surface area contributed by atoms with Crippen molar-refractivity contribution in [2.45, 2.75) is 33.4 Å². The molecule has 2 aromatic carbocycles. The average Bonchev–Trinajstić information content (AvgIpc) is 2.42. The summed E-state index contributed by atoms with van der Waals surface area (Å²) in [5.41, 5.74) is 13.5. The van der Waals surface area contributed by atoms with E-state index >= 15 is 0 Å². The molecule has 3 N–H and O–H groups in total. The van der Waals surface area contributed by atoms with Crippen LogP contribution in [0.2, 0.25) is 0 Å². The van der Waals surface area contributed by atoms with Gasteiger partial charge in [0, 0.05) is 6.54 Å². The molecule has 2 nitrogen and oxygen atoms in total. The van der Waals surface area contributed by atoms with Gasteiger partial charge >= 0.3 is 0 Å². The Morgan fingerprint density at radius 3 is 2.25 bits per heavy atom. The number of benzene rings is 2. The Labute approximate surface area is 122 Å². The zero-order chi connectivity index (χ0) is 14.7. The summed E-state index contributed by atoms with van der Waals surface area (Å²) in [4.78, 5) is 0. The van der Waals surface area contributed by atoms with Gasteiger partial charge in [0.05, 0.1) is 6.04 Å². The third kappa shape index (κ3) is 2.92. The third-order valence-electron chi connectivity index (χ3n) is 3.84. The fourth-order valence-electron chi connectivity index (χ4n) is 3.02. The molecule has 0 heterocycles. The summed E-state index contributed by atoms with van der Waals surface area (Å²) in [6.07, 6.45) is 0. The minimum Gasteiger partial charge on any atom is -0.326 e. The summed E-state index contributed by atoms with van der Waals surface area (Å²) in [5.74, 6) is 0. The van der Waals surface area contributed by atoms with E-state index in [1.165, 1.54) is 33.4 Å². The van der Waals surface area contributed by atoms with Crippen molar-refractivity contribution >= 4 is 0 Å². The van der Waals surface area contributed by atoms with Crippen LogP contribution in [-0.4, -0.2) is 7.05 Å².